The predicted octanol–water partition coefficient (Wildman–Crippen LogP) is 3.66. The van der Waals surface area contributed by atoms with Crippen molar-refractivity contribution >= 4 is 85.6 Å². The summed E-state index contributed by atoms with van der Waals surface area (Å²) in [5.74, 6) is -3.84. The summed E-state index contributed by atoms with van der Waals surface area (Å²) in [6.45, 7) is 27.7. The van der Waals surface area contributed by atoms with Gasteiger partial charge in [-0.25, -0.2) is 12.8 Å². The predicted molar refractivity (Wildman–Crippen MR) is 293 cm³/mol. The maximum Gasteiger partial charge on any atom is 1.00 e. The van der Waals surface area contributed by atoms with E-state index in [1.54, 1.807) is 94.2 Å². The Morgan fingerprint density at radius 1 is 0.667 bits per heavy atom. The van der Waals surface area contributed by atoms with E-state index in [9.17, 15) is 70.1 Å². The topological polar surface area (TPSA) is 328 Å². The second-order valence-electron chi connectivity index (χ2n) is 20.5. The monoisotopic (exact) mass is 1160 g/mol. The number of aliphatic hydroxyl groups excluding tert-OH is 2. The third-order valence-corrected chi connectivity index (χ3v) is 11.9. The minimum Gasteiger partial charge on any atom is -0.746 e. The summed E-state index contributed by atoms with van der Waals surface area (Å²) in [5.41, 5.74) is 3.73. The maximum atomic E-state index is 11.5. The summed E-state index contributed by atoms with van der Waals surface area (Å²) in [5, 5.41) is 16.7. The van der Waals surface area contributed by atoms with Gasteiger partial charge in [0.05, 0.1) is 5.88 Å². The zero-order chi connectivity index (χ0) is 61.5. The van der Waals surface area contributed by atoms with E-state index in [-0.39, 0.29) is 142 Å². The number of rotatable bonds is 21. The van der Waals surface area contributed by atoms with E-state index < -0.39 is 39.8 Å². The van der Waals surface area contributed by atoms with Gasteiger partial charge in [-0.2, -0.15) is 0 Å². The van der Waals surface area contributed by atoms with Gasteiger partial charge in [-0.05, 0) is 62.5 Å². The molecule has 444 valence electrons. The number of primary amides is 1. The van der Waals surface area contributed by atoms with E-state index in [2.05, 4.69) is 10.7 Å². The standard InChI is InChI=1S/C12H15NO2.C10H17NO2.C9H14O2.C5H9ClO.C5H9FO.C5H9NO2.C5H10O2.C4H10O4S.Na/c1-9(2)12(15)11(14)7-6-10-5-3-4-8-13-10;1-8(2)9(12)10(13)11-6-4-3-5-7-11;1-6(2)9(11)8(10)5-7-3-4-7;2*1-4(2)5(7)3-6;1-3(2)4(7)5(6)8;1-4(2)5(7)3-6;1-3(2)4(5)9(6,7)8;/h3-5,8-9H,6-7H2,1-2H3;8H,3-7H2,1-2H3;6-7H,3-5H2,1-2H3;2*4H,3H2,1-2H3;3H,1-2H3,(H2,6,8);4,6H,3H2,1-2H3;3-5H,1-2H3,(H,6,7,8);/q;;;;;;;;+1/p-1. The molecule has 2 heterocycles. The molecule has 1 aromatic heterocycles. The molecule has 3 rings (SSSR count). The van der Waals surface area contributed by atoms with Gasteiger partial charge in [-0.1, -0.05) is 117 Å². The number of halogens is 2. The van der Waals surface area contributed by atoms with E-state index in [0.717, 1.165) is 44.5 Å². The second-order valence-corrected chi connectivity index (χ2v) is 22.3. The third kappa shape index (κ3) is 47.0. The number of hydrogen-bond acceptors (Lipinski definition) is 17. The van der Waals surface area contributed by atoms with Gasteiger partial charge in [0.1, 0.15) is 34.6 Å². The molecule has 23 heteroatoms. The van der Waals surface area contributed by atoms with Crippen LogP contribution in [0.1, 0.15) is 161 Å². The summed E-state index contributed by atoms with van der Waals surface area (Å²) in [4.78, 5) is 125. The average Bonchev–Trinajstić information content (AvgIpc) is 4.20. The number of alkyl halides is 2. The molecule has 2 aliphatic rings. The first kappa shape index (κ1) is 85.4. The first-order valence-electron chi connectivity index (χ1n) is 25.9. The summed E-state index contributed by atoms with van der Waals surface area (Å²) in [7, 11) is -4.50. The SMILES string of the molecule is CC(C)C(=O)C(=O)CC1CC1.CC(C)C(=O)C(=O)CCc1ccccn1.CC(C)C(=O)C(=O)N1CCCCC1.CC(C)C(=O)C(N)=O.CC(C)C(=O)CCl.CC(C)C(=O)CF.CC(C)C(=O)CO.CC(C)C(O)S(=O)(=O)[O-].[Na+]. The number of aromatic nitrogens is 1. The molecule has 2 amide bonds. The van der Waals surface area contributed by atoms with Crippen LogP contribution in [0.3, 0.4) is 0 Å². The number of ketones is 9. The molecule has 78 heavy (non-hydrogen) atoms. The third-order valence-electron chi connectivity index (χ3n) is 10.5. The van der Waals surface area contributed by atoms with Crippen molar-refractivity contribution in [3.63, 3.8) is 0 Å². The molecule has 0 bridgehead atoms. The van der Waals surface area contributed by atoms with Crippen LogP contribution in [0.25, 0.3) is 0 Å². The van der Waals surface area contributed by atoms with Crippen LogP contribution in [-0.2, 0) is 69.3 Å². The van der Waals surface area contributed by atoms with E-state index in [1.165, 1.54) is 20.3 Å². The van der Waals surface area contributed by atoms with Crippen LogP contribution in [0.4, 0.5) is 4.39 Å². The Kier molecular flexibility index (Phi) is 52.5. The number of piperidine rings is 1. The molecule has 0 aromatic carbocycles. The number of aliphatic hydroxyl groups is 2. The molecule has 1 saturated carbocycles. The first-order chi connectivity index (χ1) is 35.3. The summed E-state index contributed by atoms with van der Waals surface area (Å²) in [6, 6.07) is 5.55. The largest absolute Gasteiger partial charge is 1.00 e. The van der Waals surface area contributed by atoms with Gasteiger partial charge in [0, 0.05) is 79.2 Å². The van der Waals surface area contributed by atoms with Gasteiger partial charge in [-0.15, -0.1) is 11.6 Å². The fourth-order valence-corrected chi connectivity index (χ4v) is 5.82. The van der Waals surface area contributed by atoms with E-state index in [0.29, 0.717) is 18.8 Å². The molecule has 0 radical (unpaired) electrons. The maximum absolute atomic E-state index is 11.5. The summed E-state index contributed by atoms with van der Waals surface area (Å²) in [6.07, 6.45) is 8.51. The number of hydrogen-bond donors (Lipinski definition) is 3. The van der Waals surface area contributed by atoms with Crippen LogP contribution in [0.5, 0.6) is 0 Å². The van der Waals surface area contributed by atoms with E-state index >= 15 is 0 Å². The summed E-state index contributed by atoms with van der Waals surface area (Å²) < 4.78 is 41.2. The first-order valence-corrected chi connectivity index (χ1v) is 27.9. The summed E-state index contributed by atoms with van der Waals surface area (Å²) >= 11 is 5.20. The number of amides is 2. The zero-order valence-corrected chi connectivity index (χ0v) is 53.1. The smallest absolute Gasteiger partial charge is 0.746 e. The van der Waals surface area contributed by atoms with Crippen molar-refractivity contribution in [2.24, 2.45) is 59.0 Å². The molecule has 1 aliphatic heterocycles. The van der Waals surface area contributed by atoms with Crippen LogP contribution >= 0.6 is 11.6 Å². The Morgan fingerprint density at radius 2 is 1.09 bits per heavy atom. The Morgan fingerprint density at radius 3 is 1.32 bits per heavy atom. The van der Waals surface area contributed by atoms with Gasteiger partial charge in [0.2, 0.25) is 23.1 Å². The fraction of sp³-hybridized carbons (Fsp3) is 0.709. The Balaban J connectivity index is -0.000000193. The van der Waals surface area contributed by atoms with Crippen molar-refractivity contribution < 1.29 is 110 Å². The van der Waals surface area contributed by atoms with Gasteiger partial charge in [0.25, 0.3) is 11.8 Å². The molecule has 1 aliphatic carbocycles. The molecule has 1 aromatic rings. The van der Waals surface area contributed by atoms with E-state index in [1.807, 2.05) is 32.0 Å². The minimum atomic E-state index is -4.50. The molecule has 2 fully saturated rings. The number of nitrogens with zero attached hydrogens (tertiary/aromatic N) is 2. The number of aryl methyl sites for hydroxylation is 1. The molecule has 4 N–H and O–H groups in total. The quantitative estimate of drug-likeness (QED) is 0.0684. The Hall–Kier alpha value is -3.83. The van der Waals surface area contributed by atoms with Crippen molar-refractivity contribution in [1.29, 1.82) is 0 Å². The van der Waals surface area contributed by atoms with Crippen LogP contribution < -0.4 is 35.3 Å². The van der Waals surface area contributed by atoms with Crippen LogP contribution in [-0.4, -0.2) is 135 Å². The number of pyridine rings is 1. The molecule has 19 nitrogen and oxygen atoms in total. The van der Waals surface area contributed by atoms with Gasteiger partial charge in [-0.3, -0.25) is 57.7 Å². The number of carbonyl (C=O) groups excluding carboxylic acids is 11. The Labute approximate surface area is 491 Å². The molecule has 0 spiro atoms. The van der Waals surface area contributed by atoms with Crippen molar-refractivity contribution in [2.75, 3.05) is 32.3 Å². The van der Waals surface area contributed by atoms with Crippen molar-refractivity contribution in [3.8, 4) is 0 Å². The van der Waals surface area contributed by atoms with Crippen molar-refractivity contribution in [3.05, 3.63) is 30.1 Å². The molecule has 1 atom stereocenters. The van der Waals surface area contributed by atoms with Crippen molar-refractivity contribution in [1.82, 2.24) is 9.88 Å². The van der Waals surface area contributed by atoms with E-state index in [4.69, 9.17) is 21.8 Å². The number of Topliss-reactive ketones (excluding diaryl/α,β-unsaturated/α-hetero) is 9. The van der Waals surface area contributed by atoms with Crippen LogP contribution in [0.15, 0.2) is 24.4 Å². The molecule has 1 saturated heterocycles. The second kappa shape index (κ2) is 47.9. The van der Waals surface area contributed by atoms with Crippen molar-refractivity contribution in [2.45, 2.75) is 168 Å². The van der Waals surface area contributed by atoms with Crippen LogP contribution in [0, 0.1) is 53.3 Å². The van der Waals surface area contributed by atoms with Crippen LogP contribution in [0.2, 0.25) is 0 Å². The Bertz CT molecular complexity index is 2030. The molecule has 1 unspecified atom stereocenters. The van der Waals surface area contributed by atoms with Gasteiger partial charge in [0.15, 0.2) is 23.1 Å². The molecular formula is C55H92ClFN3NaO16S. The number of nitrogens with two attached hydrogens (primary N) is 1. The average molecular weight is 1160 g/mol. The van der Waals surface area contributed by atoms with Gasteiger partial charge >= 0.3 is 29.6 Å². The number of likely N-dealkylation sites (tertiary alicyclic amines) is 1. The van der Waals surface area contributed by atoms with Gasteiger partial charge < -0.3 is 25.4 Å². The normalized spacial score (nSPS) is 12.8. The zero-order valence-electron chi connectivity index (χ0n) is 49.5. The molecular weight excluding hydrogens is 1070 g/mol. The minimum absolute atomic E-state index is 0. The number of carbonyl (C=O) groups is 11. The fourth-order valence-electron chi connectivity index (χ4n) is 4.85.